The fourth-order valence-corrected chi connectivity index (χ4v) is 4.06. The van der Waals surface area contributed by atoms with Gasteiger partial charge in [-0.15, -0.1) is 11.3 Å². The summed E-state index contributed by atoms with van der Waals surface area (Å²) in [4.78, 5) is 18.0. The highest BCUT2D eigenvalue weighted by atomic mass is 32.1. The van der Waals surface area contributed by atoms with Gasteiger partial charge in [-0.2, -0.15) is 5.10 Å². The summed E-state index contributed by atoms with van der Waals surface area (Å²) >= 11 is 1.67. The summed E-state index contributed by atoms with van der Waals surface area (Å²) in [5.41, 5.74) is 0.851. The quantitative estimate of drug-likeness (QED) is 0.668. The number of anilines is 2. The van der Waals surface area contributed by atoms with E-state index in [1.807, 2.05) is 35.7 Å². The van der Waals surface area contributed by atoms with E-state index in [1.54, 1.807) is 28.3 Å². The third-order valence-electron chi connectivity index (χ3n) is 4.83. The third-order valence-corrected chi connectivity index (χ3v) is 5.69. The lowest BCUT2D eigenvalue weighted by Gasteiger charge is -2.35. The molecule has 1 saturated heterocycles. The maximum Gasteiger partial charge on any atom is 0.239 e. The van der Waals surface area contributed by atoms with E-state index in [2.05, 4.69) is 26.3 Å². The van der Waals surface area contributed by atoms with Crippen LogP contribution in [0.5, 0.6) is 5.75 Å². The number of carbonyl (C=O) groups excluding carboxylic acids is 1. The number of phenols is 1. The summed E-state index contributed by atoms with van der Waals surface area (Å²) < 4.78 is 1.81. The molecule has 1 aliphatic rings. The molecule has 1 amide bonds. The van der Waals surface area contributed by atoms with Crippen molar-refractivity contribution in [2.45, 2.75) is 6.54 Å². The monoisotopic (exact) mass is 397 g/mol. The van der Waals surface area contributed by atoms with Gasteiger partial charge in [-0.25, -0.2) is 4.68 Å². The molecule has 28 heavy (non-hydrogen) atoms. The minimum Gasteiger partial charge on any atom is -0.506 e. The molecule has 1 fully saturated rings. The number of phenolic OH excluding ortho intramolecular Hbond substituents is 1. The van der Waals surface area contributed by atoms with Gasteiger partial charge in [0.25, 0.3) is 0 Å². The van der Waals surface area contributed by atoms with Gasteiger partial charge in [-0.05, 0) is 23.6 Å². The highest BCUT2D eigenvalue weighted by Gasteiger charge is 2.21. The largest absolute Gasteiger partial charge is 0.506 e. The minimum absolute atomic E-state index is 0.0380. The molecule has 0 bridgehead atoms. The fourth-order valence-electron chi connectivity index (χ4n) is 3.38. The van der Waals surface area contributed by atoms with Crippen LogP contribution in [0.15, 0.2) is 54.0 Å². The number of carbonyl (C=O) groups is 1. The van der Waals surface area contributed by atoms with Crippen LogP contribution in [0.2, 0.25) is 0 Å². The lowest BCUT2D eigenvalue weighted by Crippen LogP contribution is -2.48. The first-order valence-electron chi connectivity index (χ1n) is 9.28. The lowest BCUT2D eigenvalue weighted by molar-refractivity contribution is -0.117. The molecule has 7 nitrogen and oxygen atoms in total. The van der Waals surface area contributed by atoms with Crippen LogP contribution in [-0.2, 0) is 11.3 Å². The van der Waals surface area contributed by atoms with Crippen molar-refractivity contribution >= 4 is 28.7 Å². The Morgan fingerprint density at radius 3 is 2.68 bits per heavy atom. The molecular formula is C20H23N5O2S. The van der Waals surface area contributed by atoms with E-state index in [1.165, 1.54) is 4.88 Å². The van der Waals surface area contributed by atoms with E-state index in [0.717, 1.165) is 31.9 Å². The van der Waals surface area contributed by atoms with Crippen LogP contribution in [0, 0.1) is 0 Å². The summed E-state index contributed by atoms with van der Waals surface area (Å²) in [5, 5.41) is 19.3. The van der Waals surface area contributed by atoms with Gasteiger partial charge in [0.15, 0.2) is 0 Å². The average molecular weight is 398 g/mol. The number of hydrogen-bond acceptors (Lipinski definition) is 6. The zero-order valence-electron chi connectivity index (χ0n) is 15.5. The number of aromatic hydroxyl groups is 1. The Morgan fingerprint density at radius 1 is 1.11 bits per heavy atom. The number of benzene rings is 1. The van der Waals surface area contributed by atoms with Gasteiger partial charge in [0.1, 0.15) is 11.6 Å². The predicted octanol–water partition coefficient (Wildman–Crippen LogP) is 2.46. The number of nitrogens with zero attached hydrogens (tertiary/aromatic N) is 4. The first-order valence-corrected chi connectivity index (χ1v) is 10.2. The highest BCUT2D eigenvalue weighted by Crippen LogP contribution is 2.27. The van der Waals surface area contributed by atoms with Crippen molar-refractivity contribution in [1.82, 2.24) is 14.7 Å². The molecule has 8 heteroatoms. The number of nitrogens with one attached hydrogen (secondary N) is 1. The van der Waals surface area contributed by atoms with Crippen LogP contribution in [0.25, 0.3) is 0 Å². The van der Waals surface area contributed by atoms with Gasteiger partial charge in [-0.1, -0.05) is 18.2 Å². The van der Waals surface area contributed by atoms with Crippen molar-refractivity contribution in [3.05, 3.63) is 58.9 Å². The summed E-state index contributed by atoms with van der Waals surface area (Å²) in [7, 11) is 0. The van der Waals surface area contributed by atoms with Gasteiger partial charge >= 0.3 is 0 Å². The molecule has 3 heterocycles. The zero-order chi connectivity index (χ0) is 19.3. The molecule has 0 spiro atoms. The molecule has 0 atom stereocenters. The Kier molecular flexibility index (Phi) is 5.59. The second kappa shape index (κ2) is 8.45. The van der Waals surface area contributed by atoms with E-state index < -0.39 is 0 Å². The molecule has 1 aliphatic heterocycles. The maximum atomic E-state index is 12.5. The molecule has 3 aromatic rings. The first kappa shape index (κ1) is 18.5. The number of amides is 1. The number of aromatic nitrogens is 2. The van der Waals surface area contributed by atoms with Crippen LogP contribution < -0.4 is 10.2 Å². The van der Waals surface area contributed by atoms with Crippen molar-refractivity contribution in [2.75, 3.05) is 42.9 Å². The summed E-state index contributed by atoms with van der Waals surface area (Å²) in [5.74, 6) is 0.975. The van der Waals surface area contributed by atoms with Crippen LogP contribution in [0.3, 0.4) is 0 Å². The number of thiophene rings is 1. The van der Waals surface area contributed by atoms with Crippen LogP contribution >= 0.6 is 11.3 Å². The normalized spacial score (nSPS) is 14.9. The van der Waals surface area contributed by atoms with Gasteiger partial charge in [-0.3, -0.25) is 9.69 Å². The third kappa shape index (κ3) is 4.35. The molecule has 4 rings (SSSR count). The van der Waals surface area contributed by atoms with E-state index in [9.17, 15) is 9.90 Å². The Labute approximate surface area is 167 Å². The molecular weight excluding hydrogens is 374 g/mol. The Morgan fingerprint density at radius 2 is 1.93 bits per heavy atom. The second-order valence-electron chi connectivity index (χ2n) is 6.75. The van der Waals surface area contributed by atoms with Crippen molar-refractivity contribution in [2.24, 2.45) is 0 Å². The number of rotatable bonds is 6. The van der Waals surface area contributed by atoms with Crippen LogP contribution in [0.1, 0.15) is 4.88 Å². The van der Waals surface area contributed by atoms with Gasteiger partial charge in [0, 0.05) is 37.1 Å². The van der Waals surface area contributed by atoms with E-state index >= 15 is 0 Å². The first-order chi connectivity index (χ1) is 13.7. The Balaban J connectivity index is 1.29. The highest BCUT2D eigenvalue weighted by molar-refractivity contribution is 7.09. The van der Waals surface area contributed by atoms with Gasteiger partial charge < -0.3 is 15.3 Å². The standard InChI is InChI=1S/C20H23N5O2S/c26-18-6-2-1-5-17(18)24-11-9-23(10-12-24)15-20(27)22-19-7-8-21-25(19)14-16-4-3-13-28-16/h1-8,13,26H,9-12,14-15H2,(H,22,27). The molecule has 0 radical (unpaired) electrons. The maximum absolute atomic E-state index is 12.5. The molecule has 0 saturated carbocycles. The second-order valence-corrected chi connectivity index (χ2v) is 7.79. The molecule has 1 aromatic carbocycles. The summed E-state index contributed by atoms with van der Waals surface area (Å²) in [6.07, 6.45) is 1.70. The molecule has 0 unspecified atom stereocenters. The minimum atomic E-state index is -0.0380. The summed E-state index contributed by atoms with van der Waals surface area (Å²) in [6, 6.07) is 13.3. The molecule has 2 aromatic heterocycles. The SMILES string of the molecule is O=C(CN1CCN(c2ccccc2O)CC1)Nc1ccnn1Cc1cccs1. The van der Waals surface area contributed by atoms with Gasteiger partial charge in [0.2, 0.25) is 5.91 Å². The van der Waals surface area contributed by atoms with Crippen molar-refractivity contribution in [1.29, 1.82) is 0 Å². The average Bonchev–Trinajstić information content (AvgIpc) is 3.36. The molecule has 2 N–H and O–H groups in total. The number of hydrogen-bond donors (Lipinski definition) is 2. The van der Waals surface area contributed by atoms with Gasteiger partial charge in [0.05, 0.1) is 25.0 Å². The molecule has 146 valence electrons. The van der Waals surface area contributed by atoms with Crippen molar-refractivity contribution in [3.63, 3.8) is 0 Å². The zero-order valence-corrected chi connectivity index (χ0v) is 16.3. The fraction of sp³-hybridized carbons (Fsp3) is 0.300. The number of para-hydroxylation sites is 2. The topological polar surface area (TPSA) is 73.6 Å². The Hall–Kier alpha value is -2.84. The summed E-state index contributed by atoms with van der Waals surface area (Å²) in [6.45, 7) is 4.10. The van der Waals surface area contributed by atoms with Crippen LogP contribution in [0.4, 0.5) is 11.5 Å². The van der Waals surface area contributed by atoms with E-state index in [-0.39, 0.29) is 5.91 Å². The number of piperazine rings is 1. The van der Waals surface area contributed by atoms with Crippen LogP contribution in [-0.4, -0.2) is 58.4 Å². The molecule has 0 aliphatic carbocycles. The Bertz CT molecular complexity index is 916. The lowest BCUT2D eigenvalue weighted by atomic mass is 10.2. The van der Waals surface area contributed by atoms with Crippen molar-refractivity contribution in [3.8, 4) is 5.75 Å². The van der Waals surface area contributed by atoms with E-state index in [4.69, 9.17) is 0 Å². The smallest absolute Gasteiger partial charge is 0.239 e. The predicted molar refractivity (Wildman–Crippen MR) is 111 cm³/mol. The van der Waals surface area contributed by atoms with Crippen molar-refractivity contribution < 1.29 is 9.90 Å². The van der Waals surface area contributed by atoms with E-state index in [0.29, 0.717) is 24.7 Å².